The predicted molar refractivity (Wildman–Crippen MR) is 121 cm³/mol. The van der Waals surface area contributed by atoms with Crippen LogP contribution in [0.1, 0.15) is 12.0 Å². The second kappa shape index (κ2) is 9.20. The molecule has 33 heavy (non-hydrogen) atoms. The molecule has 1 fully saturated rings. The first-order chi connectivity index (χ1) is 16.0. The molecule has 0 radical (unpaired) electrons. The Balaban J connectivity index is 1.09. The number of hydrogen-bond donors (Lipinski definition) is 2. The van der Waals surface area contributed by atoms with Crippen molar-refractivity contribution in [2.24, 2.45) is 5.92 Å². The summed E-state index contributed by atoms with van der Waals surface area (Å²) in [4.78, 5) is 14.0. The molecule has 1 atom stereocenters. The molecule has 5 rings (SSSR count). The topological polar surface area (TPSA) is 106 Å². The summed E-state index contributed by atoms with van der Waals surface area (Å²) in [5.74, 6) is 2.17. The van der Waals surface area contributed by atoms with Crippen molar-refractivity contribution in [2.45, 2.75) is 17.7 Å². The quantitative estimate of drug-likeness (QED) is 0.600. The van der Waals surface area contributed by atoms with Gasteiger partial charge < -0.3 is 19.5 Å². The zero-order valence-corrected chi connectivity index (χ0v) is 19.0. The Morgan fingerprint density at radius 2 is 2.06 bits per heavy atom. The standard InChI is InChI=1S/C23H27N3O6S/c27-22-13-17-12-18(4-5-19(17)25-22)33(28,29)24-14-16-6-7-26(15-16)8-9-30-20-2-1-3-21-23(20)32-11-10-31-21/h1-5,12,16,24H,6-11,13-15H2,(H,25,27). The van der Waals surface area contributed by atoms with Crippen molar-refractivity contribution in [1.29, 1.82) is 0 Å². The summed E-state index contributed by atoms with van der Waals surface area (Å²) < 4.78 is 45.4. The van der Waals surface area contributed by atoms with Crippen molar-refractivity contribution < 1.29 is 27.4 Å². The Morgan fingerprint density at radius 1 is 1.18 bits per heavy atom. The van der Waals surface area contributed by atoms with Gasteiger partial charge in [-0.15, -0.1) is 0 Å². The maximum absolute atomic E-state index is 12.7. The minimum Gasteiger partial charge on any atom is -0.488 e. The number of amides is 1. The smallest absolute Gasteiger partial charge is 0.240 e. The van der Waals surface area contributed by atoms with E-state index in [9.17, 15) is 13.2 Å². The Hall–Kier alpha value is -2.82. The fourth-order valence-electron chi connectivity index (χ4n) is 4.41. The number of anilines is 1. The molecule has 3 heterocycles. The number of nitrogens with zero attached hydrogens (tertiary/aromatic N) is 1. The molecule has 0 spiro atoms. The predicted octanol–water partition coefficient (Wildman–Crippen LogP) is 1.63. The summed E-state index contributed by atoms with van der Waals surface area (Å²) in [6.07, 6.45) is 1.13. The fraction of sp³-hybridized carbons (Fsp3) is 0.435. The Labute approximate surface area is 193 Å². The van der Waals surface area contributed by atoms with E-state index in [1.54, 1.807) is 12.1 Å². The Kier molecular flexibility index (Phi) is 6.13. The molecule has 0 bridgehead atoms. The molecule has 1 amide bonds. The van der Waals surface area contributed by atoms with Gasteiger partial charge in [-0.2, -0.15) is 0 Å². The third kappa shape index (κ3) is 4.92. The molecule has 0 aliphatic carbocycles. The number of para-hydroxylation sites is 1. The number of hydrogen-bond acceptors (Lipinski definition) is 7. The van der Waals surface area contributed by atoms with Crippen LogP contribution in [0.3, 0.4) is 0 Å². The second-order valence-corrected chi connectivity index (χ2v) is 10.2. The third-order valence-electron chi connectivity index (χ3n) is 6.14. The molecule has 0 aromatic heterocycles. The average molecular weight is 474 g/mol. The van der Waals surface area contributed by atoms with Crippen molar-refractivity contribution in [3.8, 4) is 17.2 Å². The lowest BCUT2D eigenvalue weighted by atomic mass is 10.1. The SMILES string of the molecule is O=C1Cc2cc(S(=O)(=O)NCC3CCN(CCOc4cccc5c4OCCO5)C3)ccc2N1. The molecular formula is C23H27N3O6S. The average Bonchev–Trinajstić information content (AvgIpc) is 3.42. The normalized spacial score (nSPS) is 19.9. The van der Waals surface area contributed by atoms with Crippen LogP contribution in [0.5, 0.6) is 17.2 Å². The van der Waals surface area contributed by atoms with Crippen molar-refractivity contribution in [2.75, 3.05) is 51.3 Å². The number of carbonyl (C=O) groups is 1. The molecule has 1 saturated heterocycles. The monoisotopic (exact) mass is 473 g/mol. The van der Waals surface area contributed by atoms with Gasteiger partial charge in [0.25, 0.3) is 0 Å². The molecule has 9 nitrogen and oxygen atoms in total. The highest BCUT2D eigenvalue weighted by Crippen LogP contribution is 2.38. The van der Waals surface area contributed by atoms with E-state index in [0.717, 1.165) is 26.1 Å². The van der Waals surface area contributed by atoms with Crippen LogP contribution in [0, 0.1) is 5.92 Å². The van der Waals surface area contributed by atoms with Gasteiger partial charge in [-0.05, 0) is 54.8 Å². The number of rotatable bonds is 8. The zero-order valence-electron chi connectivity index (χ0n) is 18.2. The molecule has 176 valence electrons. The lowest BCUT2D eigenvalue weighted by Gasteiger charge is -2.22. The van der Waals surface area contributed by atoms with E-state index < -0.39 is 10.0 Å². The van der Waals surface area contributed by atoms with E-state index in [1.165, 1.54) is 6.07 Å². The molecule has 0 saturated carbocycles. The molecular weight excluding hydrogens is 446 g/mol. The van der Waals surface area contributed by atoms with Gasteiger partial charge in [-0.25, -0.2) is 13.1 Å². The molecule has 3 aliphatic heterocycles. The van der Waals surface area contributed by atoms with Crippen LogP contribution < -0.4 is 24.2 Å². The van der Waals surface area contributed by atoms with Crippen LogP contribution in [-0.2, 0) is 21.2 Å². The van der Waals surface area contributed by atoms with Crippen LogP contribution in [0.25, 0.3) is 0 Å². The van der Waals surface area contributed by atoms with E-state index in [1.807, 2.05) is 18.2 Å². The van der Waals surface area contributed by atoms with Gasteiger partial charge in [0.1, 0.15) is 19.8 Å². The van der Waals surface area contributed by atoms with Gasteiger partial charge >= 0.3 is 0 Å². The van der Waals surface area contributed by atoms with Crippen LogP contribution >= 0.6 is 0 Å². The lowest BCUT2D eigenvalue weighted by Crippen LogP contribution is -2.32. The zero-order chi connectivity index (χ0) is 22.8. The molecule has 2 N–H and O–H groups in total. The van der Waals surface area contributed by atoms with Crippen molar-refractivity contribution >= 4 is 21.6 Å². The maximum Gasteiger partial charge on any atom is 0.240 e. The molecule has 3 aliphatic rings. The summed E-state index contributed by atoms with van der Waals surface area (Å²) >= 11 is 0. The Bertz CT molecular complexity index is 1150. The minimum absolute atomic E-state index is 0.115. The van der Waals surface area contributed by atoms with Crippen molar-refractivity contribution in [3.05, 3.63) is 42.0 Å². The highest BCUT2D eigenvalue weighted by molar-refractivity contribution is 7.89. The van der Waals surface area contributed by atoms with Crippen molar-refractivity contribution in [3.63, 3.8) is 0 Å². The maximum atomic E-state index is 12.7. The third-order valence-corrected chi connectivity index (χ3v) is 7.56. The summed E-state index contributed by atoms with van der Waals surface area (Å²) in [6, 6.07) is 10.4. The Morgan fingerprint density at radius 3 is 2.97 bits per heavy atom. The lowest BCUT2D eigenvalue weighted by molar-refractivity contribution is -0.115. The van der Waals surface area contributed by atoms with Crippen LogP contribution in [0.2, 0.25) is 0 Å². The number of carbonyl (C=O) groups excluding carboxylic acids is 1. The van der Waals surface area contributed by atoms with Gasteiger partial charge in [0.05, 0.1) is 11.3 Å². The molecule has 10 heteroatoms. The first-order valence-electron chi connectivity index (χ1n) is 11.1. The number of likely N-dealkylation sites (tertiary alicyclic amines) is 1. The highest BCUT2D eigenvalue weighted by atomic mass is 32.2. The fourth-order valence-corrected chi connectivity index (χ4v) is 5.58. The molecule has 2 aromatic rings. The number of benzene rings is 2. The van der Waals surface area contributed by atoms with Gasteiger partial charge in [-0.3, -0.25) is 9.69 Å². The second-order valence-electron chi connectivity index (χ2n) is 8.48. The summed E-state index contributed by atoms with van der Waals surface area (Å²) in [5, 5.41) is 2.72. The van der Waals surface area contributed by atoms with Crippen LogP contribution in [-0.4, -0.2) is 65.2 Å². The number of ether oxygens (including phenoxy) is 3. The first-order valence-corrected chi connectivity index (χ1v) is 12.6. The van der Waals surface area contributed by atoms with E-state index >= 15 is 0 Å². The van der Waals surface area contributed by atoms with E-state index in [-0.39, 0.29) is 23.1 Å². The van der Waals surface area contributed by atoms with Gasteiger partial charge in [0.2, 0.25) is 21.7 Å². The van der Waals surface area contributed by atoms with E-state index in [2.05, 4.69) is 14.9 Å². The highest BCUT2D eigenvalue weighted by Gasteiger charge is 2.26. The summed E-state index contributed by atoms with van der Waals surface area (Å²) in [6.45, 7) is 4.40. The van der Waals surface area contributed by atoms with Crippen molar-refractivity contribution in [1.82, 2.24) is 9.62 Å². The molecule has 2 aromatic carbocycles. The van der Waals surface area contributed by atoms with Gasteiger partial charge in [0.15, 0.2) is 11.5 Å². The van der Waals surface area contributed by atoms with E-state index in [0.29, 0.717) is 54.9 Å². The first kappa shape index (κ1) is 22.0. The van der Waals surface area contributed by atoms with Gasteiger partial charge in [0, 0.05) is 25.3 Å². The minimum atomic E-state index is -3.62. The van der Waals surface area contributed by atoms with Gasteiger partial charge in [-0.1, -0.05) is 6.07 Å². The summed E-state index contributed by atoms with van der Waals surface area (Å²) in [5.41, 5.74) is 1.40. The number of nitrogens with one attached hydrogen (secondary N) is 2. The number of fused-ring (bicyclic) bond motifs is 2. The number of sulfonamides is 1. The van der Waals surface area contributed by atoms with Crippen LogP contribution in [0.4, 0.5) is 5.69 Å². The van der Waals surface area contributed by atoms with E-state index in [4.69, 9.17) is 14.2 Å². The summed E-state index contributed by atoms with van der Waals surface area (Å²) in [7, 11) is -3.62. The molecule has 1 unspecified atom stereocenters. The largest absolute Gasteiger partial charge is 0.488 e. The van der Waals surface area contributed by atoms with Crippen LogP contribution in [0.15, 0.2) is 41.3 Å².